The van der Waals surface area contributed by atoms with Gasteiger partial charge < -0.3 is 0 Å². The summed E-state index contributed by atoms with van der Waals surface area (Å²) in [4.78, 5) is 0.306. The van der Waals surface area contributed by atoms with E-state index in [2.05, 4.69) is 12.6 Å². The molecule has 0 spiro atoms. The highest BCUT2D eigenvalue weighted by atomic mass is 32.2. The first-order valence-corrected chi connectivity index (χ1v) is 9.20. The monoisotopic (exact) mass is 335 g/mol. The van der Waals surface area contributed by atoms with Crippen LogP contribution < -0.4 is 0 Å². The lowest BCUT2D eigenvalue weighted by molar-refractivity contribution is 0.415. The maximum absolute atomic E-state index is 12.5. The largest absolute Gasteiger partial charge is 0.243 e. The highest BCUT2D eigenvalue weighted by molar-refractivity contribution is 7.89. The van der Waals surface area contributed by atoms with Gasteiger partial charge in [-0.3, -0.25) is 0 Å². The number of nitrogens with zero attached hydrogens (tertiary/aromatic N) is 1. The molecule has 0 saturated heterocycles. The molecular weight excluding hydrogens is 314 g/mol. The lowest BCUT2D eigenvalue weighted by Gasteiger charge is -2.23. The molecule has 0 bridgehead atoms. The summed E-state index contributed by atoms with van der Waals surface area (Å²) in [6.45, 7) is 3.88. The molecule has 2 rings (SSSR count). The van der Waals surface area contributed by atoms with Crippen LogP contribution in [0.1, 0.15) is 12.5 Å². The molecule has 2 aromatic carbocycles. The molecule has 22 heavy (non-hydrogen) atoms. The Balaban J connectivity index is 2.35. The van der Waals surface area contributed by atoms with Gasteiger partial charge in [-0.15, -0.1) is 0 Å². The highest BCUT2D eigenvalue weighted by Crippen LogP contribution is 2.25. The third-order valence-corrected chi connectivity index (χ3v) is 6.39. The van der Waals surface area contributed by atoms with Gasteiger partial charge in [0.2, 0.25) is 10.0 Å². The zero-order chi connectivity index (χ0) is 16.3. The van der Waals surface area contributed by atoms with E-state index < -0.39 is 10.0 Å². The van der Waals surface area contributed by atoms with Gasteiger partial charge in [0.15, 0.2) is 0 Å². The van der Waals surface area contributed by atoms with E-state index in [-0.39, 0.29) is 6.04 Å². The van der Waals surface area contributed by atoms with Crippen molar-refractivity contribution < 1.29 is 8.42 Å². The van der Waals surface area contributed by atoms with Crippen LogP contribution in [-0.4, -0.2) is 31.6 Å². The Morgan fingerprint density at radius 2 is 1.68 bits per heavy atom. The van der Waals surface area contributed by atoms with Crippen LogP contribution in [0.15, 0.2) is 53.4 Å². The maximum Gasteiger partial charge on any atom is 0.243 e. The fourth-order valence-electron chi connectivity index (χ4n) is 2.22. The fourth-order valence-corrected chi connectivity index (χ4v) is 3.94. The molecule has 0 radical (unpaired) electrons. The van der Waals surface area contributed by atoms with Gasteiger partial charge in [0.25, 0.3) is 0 Å². The van der Waals surface area contributed by atoms with E-state index in [9.17, 15) is 8.42 Å². The number of thiol groups is 1. The average molecular weight is 335 g/mol. The minimum atomic E-state index is -3.47. The summed E-state index contributed by atoms with van der Waals surface area (Å²) in [5.74, 6) is 0.483. The van der Waals surface area contributed by atoms with Crippen molar-refractivity contribution >= 4 is 22.7 Å². The van der Waals surface area contributed by atoms with Crippen LogP contribution in [0.5, 0.6) is 0 Å². The summed E-state index contributed by atoms with van der Waals surface area (Å²) >= 11 is 4.17. The molecule has 2 aromatic rings. The standard InChI is InChI=1S/C17H21NO2S2/c1-13-6-4-5-7-17(13)15-8-10-16(11-9-15)22(19,20)18(3)14(2)12-21/h4-11,14,21H,12H2,1-3H3/t14-/m1/s1. The summed E-state index contributed by atoms with van der Waals surface area (Å²) in [5.41, 5.74) is 3.30. The molecule has 0 unspecified atom stereocenters. The Labute approximate surface area is 138 Å². The molecule has 0 amide bonds. The second kappa shape index (κ2) is 6.86. The first-order valence-electron chi connectivity index (χ1n) is 7.13. The first-order chi connectivity index (χ1) is 10.4. The Kier molecular flexibility index (Phi) is 5.32. The van der Waals surface area contributed by atoms with E-state index in [1.165, 1.54) is 9.87 Å². The Morgan fingerprint density at radius 1 is 1.09 bits per heavy atom. The van der Waals surface area contributed by atoms with Gasteiger partial charge in [-0.05, 0) is 42.7 Å². The van der Waals surface area contributed by atoms with Crippen LogP contribution in [0.25, 0.3) is 11.1 Å². The number of hydrogen-bond acceptors (Lipinski definition) is 3. The fraction of sp³-hybridized carbons (Fsp3) is 0.294. The highest BCUT2D eigenvalue weighted by Gasteiger charge is 2.24. The van der Waals surface area contributed by atoms with Gasteiger partial charge in [-0.1, -0.05) is 36.4 Å². The maximum atomic E-state index is 12.5. The van der Waals surface area contributed by atoms with E-state index in [1.54, 1.807) is 19.2 Å². The SMILES string of the molecule is Cc1ccccc1-c1ccc(S(=O)(=O)N(C)[C@H](C)CS)cc1. The van der Waals surface area contributed by atoms with Gasteiger partial charge in [-0.25, -0.2) is 8.42 Å². The summed E-state index contributed by atoms with van der Waals surface area (Å²) in [5, 5.41) is 0. The van der Waals surface area contributed by atoms with Crippen LogP contribution in [0, 0.1) is 6.92 Å². The molecule has 1 atom stereocenters. The molecule has 0 aliphatic carbocycles. The molecule has 0 aromatic heterocycles. The molecule has 3 nitrogen and oxygen atoms in total. The predicted molar refractivity (Wildman–Crippen MR) is 94.9 cm³/mol. The molecule has 0 fully saturated rings. The second-order valence-corrected chi connectivity index (χ2v) is 7.75. The van der Waals surface area contributed by atoms with Crippen molar-refractivity contribution in [3.8, 4) is 11.1 Å². The molecule has 5 heteroatoms. The smallest absolute Gasteiger partial charge is 0.207 e. The molecule has 0 aliphatic heterocycles. The molecular formula is C17H21NO2S2. The molecule has 0 heterocycles. The zero-order valence-electron chi connectivity index (χ0n) is 13.0. The minimum absolute atomic E-state index is 0.149. The molecule has 0 saturated carbocycles. The quantitative estimate of drug-likeness (QED) is 0.848. The van der Waals surface area contributed by atoms with E-state index in [0.29, 0.717) is 10.6 Å². The van der Waals surface area contributed by atoms with Crippen molar-refractivity contribution in [1.29, 1.82) is 0 Å². The first kappa shape index (κ1) is 17.1. The van der Waals surface area contributed by atoms with Crippen molar-refractivity contribution in [2.45, 2.75) is 24.8 Å². The summed E-state index contributed by atoms with van der Waals surface area (Å²) in [6.07, 6.45) is 0. The normalized spacial score (nSPS) is 13.3. The van der Waals surface area contributed by atoms with Crippen molar-refractivity contribution in [3.05, 3.63) is 54.1 Å². The van der Waals surface area contributed by atoms with Gasteiger partial charge in [-0.2, -0.15) is 16.9 Å². The second-order valence-electron chi connectivity index (χ2n) is 5.39. The third kappa shape index (κ3) is 3.37. The Morgan fingerprint density at radius 3 is 2.23 bits per heavy atom. The van der Waals surface area contributed by atoms with E-state index in [1.807, 2.05) is 50.2 Å². The molecule has 0 aliphatic rings. The molecule has 0 N–H and O–H groups in total. The zero-order valence-corrected chi connectivity index (χ0v) is 14.7. The van der Waals surface area contributed by atoms with E-state index >= 15 is 0 Å². The van der Waals surface area contributed by atoms with E-state index in [0.717, 1.165) is 11.1 Å². The average Bonchev–Trinajstić information content (AvgIpc) is 2.54. The van der Waals surface area contributed by atoms with Crippen LogP contribution >= 0.6 is 12.6 Å². The summed E-state index contributed by atoms with van der Waals surface area (Å²) < 4.78 is 26.4. The number of rotatable bonds is 5. The molecule has 118 valence electrons. The Hall–Kier alpha value is -1.30. The lowest BCUT2D eigenvalue weighted by atomic mass is 10.0. The number of hydrogen-bond donors (Lipinski definition) is 1. The van der Waals surface area contributed by atoms with Crippen LogP contribution in [0.2, 0.25) is 0 Å². The van der Waals surface area contributed by atoms with Crippen molar-refractivity contribution in [2.24, 2.45) is 0 Å². The van der Waals surface area contributed by atoms with Gasteiger partial charge >= 0.3 is 0 Å². The van der Waals surface area contributed by atoms with Crippen LogP contribution in [-0.2, 0) is 10.0 Å². The van der Waals surface area contributed by atoms with Gasteiger partial charge in [0.1, 0.15) is 0 Å². The van der Waals surface area contributed by atoms with Crippen LogP contribution in [0.3, 0.4) is 0 Å². The number of benzene rings is 2. The number of sulfonamides is 1. The topological polar surface area (TPSA) is 37.4 Å². The van der Waals surface area contributed by atoms with Gasteiger partial charge in [0, 0.05) is 18.8 Å². The van der Waals surface area contributed by atoms with E-state index in [4.69, 9.17) is 0 Å². The summed E-state index contributed by atoms with van der Waals surface area (Å²) in [7, 11) is -1.89. The number of aryl methyl sites for hydroxylation is 1. The lowest BCUT2D eigenvalue weighted by Crippen LogP contribution is -2.36. The van der Waals surface area contributed by atoms with Crippen LogP contribution in [0.4, 0.5) is 0 Å². The van der Waals surface area contributed by atoms with Gasteiger partial charge in [0.05, 0.1) is 4.90 Å². The summed E-state index contributed by atoms with van der Waals surface area (Å²) in [6, 6.07) is 14.9. The van der Waals surface area contributed by atoms with Crippen molar-refractivity contribution in [3.63, 3.8) is 0 Å². The predicted octanol–water partition coefficient (Wildman–Crippen LogP) is 3.60. The van der Waals surface area contributed by atoms with Crippen molar-refractivity contribution in [1.82, 2.24) is 4.31 Å². The Bertz CT molecular complexity index is 740. The minimum Gasteiger partial charge on any atom is -0.207 e. The third-order valence-electron chi connectivity index (χ3n) is 3.87. The van der Waals surface area contributed by atoms with Crippen molar-refractivity contribution in [2.75, 3.05) is 12.8 Å².